The minimum absolute atomic E-state index is 0.00695. The molecule has 398 valence electrons. The highest BCUT2D eigenvalue weighted by Crippen LogP contribution is 2.47. The fraction of sp³-hybridized carbons (Fsp3) is 0.759. The second kappa shape index (κ2) is 22.6. The molecule has 0 aromatic carbocycles. The molecule has 2 bridgehead atoms. The zero-order valence-corrected chi connectivity index (χ0v) is 44.1. The zero-order chi connectivity index (χ0) is 51.7. The van der Waals surface area contributed by atoms with Gasteiger partial charge in [0, 0.05) is 64.7 Å². The Kier molecular flexibility index (Phi) is 17.7. The maximum absolute atomic E-state index is 14.4. The summed E-state index contributed by atoms with van der Waals surface area (Å²) in [5.74, 6) is -3.54. The van der Waals surface area contributed by atoms with Gasteiger partial charge in [-0.25, -0.2) is 0 Å². The normalized spacial score (nSPS) is 45.4. The number of esters is 1. The van der Waals surface area contributed by atoms with Gasteiger partial charge in [-0.2, -0.15) is 0 Å². The van der Waals surface area contributed by atoms with Crippen LogP contribution in [0.2, 0.25) is 0 Å². The van der Waals surface area contributed by atoms with Crippen LogP contribution in [-0.2, 0) is 61.8 Å². The van der Waals surface area contributed by atoms with Crippen molar-refractivity contribution in [3.05, 3.63) is 59.3 Å². The summed E-state index contributed by atoms with van der Waals surface area (Å²) in [4.78, 5) is 40.7. The van der Waals surface area contributed by atoms with Crippen LogP contribution in [-0.4, -0.2) is 152 Å². The van der Waals surface area contributed by atoms with Crippen molar-refractivity contribution in [3.8, 4) is 0 Å². The lowest BCUT2D eigenvalue weighted by Gasteiger charge is -2.50. The highest BCUT2D eigenvalue weighted by atomic mass is 16.7. The van der Waals surface area contributed by atoms with Gasteiger partial charge in [-0.05, 0) is 76.7 Å². The Labute approximate surface area is 420 Å². The minimum atomic E-state index is -1.87. The number of fused-ring (bicyclic) bond motifs is 2. The molecule has 4 saturated heterocycles. The summed E-state index contributed by atoms with van der Waals surface area (Å²) in [7, 11) is 3.11. The Morgan fingerprint density at radius 1 is 0.930 bits per heavy atom. The summed E-state index contributed by atoms with van der Waals surface area (Å²) < 4.78 is 64.9. The third-order valence-corrected chi connectivity index (χ3v) is 15.9. The first-order valence-electron chi connectivity index (χ1n) is 25.9. The number of hydrogen-bond donors (Lipinski definition) is 4. The van der Waals surface area contributed by atoms with Crippen molar-refractivity contribution in [2.45, 2.75) is 217 Å². The van der Waals surface area contributed by atoms with Gasteiger partial charge in [-0.1, -0.05) is 70.6 Å². The van der Waals surface area contributed by atoms with E-state index < -0.39 is 114 Å². The summed E-state index contributed by atoms with van der Waals surface area (Å²) in [6.07, 6.45) is 7.20. The van der Waals surface area contributed by atoms with Crippen LogP contribution in [0.1, 0.15) is 115 Å². The molecule has 1 spiro atoms. The summed E-state index contributed by atoms with van der Waals surface area (Å²) in [6, 6.07) is -0.194. The molecule has 6 aliphatic heterocycles. The van der Waals surface area contributed by atoms with Crippen LogP contribution in [0.3, 0.4) is 0 Å². The predicted molar refractivity (Wildman–Crippen MR) is 261 cm³/mol. The summed E-state index contributed by atoms with van der Waals surface area (Å²) in [5, 5.41) is 29.6. The van der Waals surface area contributed by atoms with E-state index in [4.69, 9.17) is 47.4 Å². The molecule has 0 radical (unpaired) electrons. The molecule has 0 aromatic rings. The highest BCUT2D eigenvalue weighted by molar-refractivity contribution is 5.92. The van der Waals surface area contributed by atoms with Crippen LogP contribution in [0.5, 0.6) is 0 Å². The van der Waals surface area contributed by atoms with E-state index in [-0.39, 0.29) is 49.3 Å². The lowest BCUT2D eigenvalue weighted by atomic mass is 9.71. The summed E-state index contributed by atoms with van der Waals surface area (Å²) in [5.41, 5.74) is -1.48. The number of amides is 2. The van der Waals surface area contributed by atoms with Crippen LogP contribution < -0.4 is 10.6 Å². The Morgan fingerprint density at radius 3 is 2.34 bits per heavy atom. The van der Waals surface area contributed by atoms with Gasteiger partial charge in [-0.3, -0.25) is 14.4 Å². The van der Waals surface area contributed by atoms with E-state index in [9.17, 15) is 24.6 Å². The van der Waals surface area contributed by atoms with Gasteiger partial charge in [0.25, 0.3) is 5.91 Å². The van der Waals surface area contributed by atoms with Crippen LogP contribution in [0.15, 0.2) is 59.3 Å². The quantitative estimate of drug-likeness (QED) is 0.151. The van der Waals surface area contributed by atoms with Crippen molar-refractivity contribution in [1.29, 1.82) is 0 Å². The van der Waals surface area contributed by atoms with E-state index >= 15 is 0 Å². The number of aliphatic hydroxyl groups excluding tert-OH is 1. The molecule has 20 atom stereocenters. The van der Waals surface area contributed by atoms with E-state index in [1.165, 1.54) is 14.0 Å². The third kappa shape index (κ3) is 11.4. The average Bonchev–Trinajstić information content (AvgIpc) is 3.65. The fourth-order valence-corrected chi connectivity index (χ4v) is 11.9. The molecule has 6 heterocycles. The molecule has 17 nitrogen and oxygen atoms in total. The van der Waals surface area contributed by atoms with Gasteiger partial charge in [0.1, 0.15) is 35.9 Å². The Balaban J connectivity index is 1.15. The molecule has 4 fully saturated rings. The molecule has 7 aliphatic rings. The van der Waals surface area contributed by atoms with Crippen molar-refractivity contribution in [2.24, 2.45) is 23.7 Å². The standard InChI is InChI=1S/C54H82N2O15/c1-14-29(4)47-32(7)20-21-52(71-47)26-39-23-38(70-52)19-18-31(6)46(30(5)16-15-17-37-27-64-49-45(58)33(8)22-40(50(59)67-39)54(37,49)61)68-43-24-41(62-12)48(34(9)65-43)69-44-25-42(63-13)53(35(10)66-44,56-36(11)57)51(60)55-28(2)3/h15-18,20-22,28-30,32,34-35,38-49,58,61H,14,19,23-27H2,1-13H3,(H,55,60)(H,56,57)/b16-15+,31-18+,37-17+/t29?,30?,32-,34-,35-,38+,39-,40-,41-,42-,43?,44?,45+,46-,47+,48-,49+,52+,53-,54+/m0/s1. The van der Waals surface area contributed by atoms with E-state index in [1.54, 1.807) is 33.1 Å². The molecule has 4 unspecified atom stereocenters. The Hall–Kier alpha value is -3.33. The van der Waals surface area contributed by atoms with Gasteiger partial charge in [0.15, 0.2) is 23.9 Å². The number of carbonyl (C=O) groups excluding carboxylic acids is 3. The van der Waals surface area contributed by atoms with Gasteiger partial charge in [0.05, 0.1) is 49.3 Å². The van der Waals surface area contributed by atoms with E-state index in [1.807, 2.05) is 52.8 Å². The number of hydrogen-bond acceptors (Lipinski definition) is 15. The largest absolute Gasteiger partial charge is 0.462 e. The first-order valence-corrected chi connectivity index (χ1v) is 25.9. The topological polar surface area (TPSA) is 208 Å². The van der Waals surface area contributed by atoms with Crippen molar-refractivity contribution in [3.63, 3.8) is 0 Å². The molecular weight excluding hydrogens is 917 g/mol. The molecule has 4 N–H and O–H groups in total. The molecule has 0 aromatic heterocycles. The number of ether oxygens (including phenoxy) is 10. The smallest absolute Gasteiger partial charge is 0.316 e. The minimum Gasteiger partial charge on any atom is -0.462 e. The van der Waals surface area contributed by atoms with Crippen LogP contribution in [0.25, 0.3) is 0 Å². The first kappa shape index (κ1) is 55.4. The molecular formula is C54H82N2O15. The second-order valence-corrected chi connectivity index (χ2v) is 21.5. The van der Waals surface area contributed by atoms with Crippen molar-refractivity contribution < 1.29 is 72.0 Å². The van der Waals surface area contributed by atoms with E-state index in [0.29, 0.717) is 30.4 Å². The second-order valence-electron chi connectivity index (χ2n) is 21.5. The van der Waals surface area contributed by atoms with Gasteiger partial charge in [-0.15, -0.1) is 0 Å². The molecule has 2 amide bonds. The SMILES string of the molecule is CCC(C)[C@H]1O[C@]2(C=C[C@@H]1C)C[C@@H]1C[C@@H](C/C=C(\C)[C@@H](OC3C[C@H](OC)[C@@H](OC4C[C@H](OC)[C@](NC(C)=O)(C(=O)NC(C)C)[C@H](C)O4)[C@H](C)O3)C(C)/C=C/C=C3\CO[C@@H]4[C@H](O)C(C)=C[C@@H](C(=O)O1)[C@]34O)O2. The van der Waals surface area contributed by atoms with Gasteiger partial charge < -0.3 is 68.2 Å². The zero-order valence-electron chi connectivity index (χ0n) is 44.1. The molecule has 17 heteroatoms. The van der Waals surface area contributed by atoms with Crippen LogP contribution in [0, 0.1) is 23.7 Å². The van der Waals surface area contributed by atoms with Gasteiger partial charge >= 0.3 is 5.97 Å². The summed E-state index contributed by atoms with van der Waals surface area (Å²) >= 11 is 0. The van der Waals surface area contributed by atoms with Gasteiger partial charge in [0.2, 0.25) is 5.91 Å². The molecule has 1 aliphatic carbocycles. The number of allylic oxidation sites excluding steroid dienone is 2. The average molecular weight is 999 g/mol. The highest BCUT2D eigenvalue weighted by Gasteiger charge is 2.61. The number of aliphatic hydroxyl groups is 2. The maximum Gasteiger partial charge on any atom is 0.316 e. The number of methoxy groups -OCH3 is 2. The maximum atomic E-state index is 14.4. The summed E-state index contributed by atoms with van der Waals surface area (Å²) in [6.45, 7) is 20.9. The Morgan fingerprint density at radius 2 is 1.66 bits per heavy atom. The van der Waals surface area contributed by atoms with Crippen molar-refractivity contribution >= 4 is 17.8 Å². The third-order valence-electron chi connectivity index (χ3n) is 15.9. The fourth-order valence-electron chi connectivity index (χ4n) is 11.9. The van der Waals surface area contributed by atoms with Crippen molar-refractivity contribution in [2.75, 3.05) is 20.8 Å². The number of nitrogens with one attached hydrogen (secondary N) is 2. The van der Waals surface area contributed by atoms with Crippen molar-refractivity contribution in [1.82, 2.24) is 10.6 Å². The van der Waals surface area contributed by atoms with Crippen LogP contribution in [0.4, 0.5) is 0 Å². The number of rotatable bonds is 11. The molecule has 7 rings (SSSR count). The van der Waals surface area contributed by atoms with E-state index in [0.717, 1.165) is 12.0 Å². The molecule has 71 heavy (non-hydrogen) atoms. The van der Waals surface area contributed by atoms with E-state index in [2.05, 4.69) is 43.6 Å². The van der Waals surface area contributed by atoms with Crippen LogP contribution >= 0.6 is 0 Å². The Bertz CT molecular complexity index is 2070. The lowest BCUT2D eigenvalue weighted by molar-refractivity contribution is -0.316. The molecule has 0 saturated carbocycles. The lowest BCUT2D eigenvalue weighted by Crippen LogP contribution is -2.74. The number of carbonyl (C=O) groups is 3. The first-order chi connectivity index (χ1) is 33.6. The monoisotopic (exact) mass is 999 g/mol. The predicted octanol–water partition coefficient (Wildman–Crippen LogP) is 5.42.